The molecule has 1 aliphatic rings. The van der Waals surface area contributed by atoms with Crippen LogP contribution in [0.4, 0.5) is 0 Å². The van der Waals surface area contributed by atoms with Crippen LogP contribution < -0.4 is 0 Å². The highest BCUT2D eigenvalue weighted by Gasteiger charge is 2.41. The first-order valence-corrected chi connectivity index (χ1v) is 14.5. The molecule has 12 heteroatoms. The summed E-state index contributed by atoms with van der Waals surface area (Å²) >= 11 is 0. The minimum atomic E-state index is -1.00. The Morgan fingerprint density at radius 3 is 1.00 bits per heavy atom. The van der Waals surface area contributed by atoms with Crippen LogP contribution in [0.2, 0.25) is 0 Å². The van der Waals surface area contributed by atoms with Gasteiger partial charge in [0.2, 0.25) is 0 Å². The Hall–Kier alpha value is -1.83. The van der Waals surface area contributed by atoms with Crippen LogP contribution in [0.3, 0.4) is 0 Å². The van der Waals surface area contributed by atoms with E-state index in [2.05, 4.69) is 0 Å². The SMILES string of the molecule is CC(C)(C)C(C(=O)O)N1CCN(CC(O)CO)CCN(C(C(=O)O)C(C)(C)C)CCN(C(C(=O)O)C(C)(C)C)CC1. The Labute approximate surface area is 245 Å². The highest BCUT2D eigenvalue weighted by atomic mass is 16.4. The number of aliphatic hydroxyl groups excluding tert-OH is 2. The topological polar surface area (TPSA) is 165 Å². The van der Waals surface area contributed by atoms with Gasteiger partial charge in [-0.05, 0) is 16.2 Å². The molecule has 0 saturated carbocycles. The molecule has 1 rings (SSSR count). The van der Waals surface area contributed by atoms with Gasteiger partial charge in [0.25, 0.3) is 0 Å². The van der Waals surface area contributed by atoms with Crippen molar-refractivity contribution in [2.45, 2.75) is 86.5 Å². The molecule has 1 fully saturated rings. The summed E-state index contributed by atoms with van der Waals surface area (Å²) in [7, 11) is 0. The van der Waals surface area contributed by atoms with Gasteiger partial charge < -0.3 is 25.5 Å². The molecule has 41 heavy (non-hydrogen) atoms. The number of nitrogens with zero attached hydrogens (tertiary/aromatic N) is 4. The molecule has 0 bridgehead atoms. The number of rotatable bonds is 9. The largest absolute Gasteiger partial charge is 0.480 e. The van der Waals surface area contributed by atoms with Crippen molar-refractivity contribution in [3.63, 3.8) is 0 Å². The summed E-state index contributed by atoms with van der Waals surface area (Å²) in [6, 6.07) is -2.56. The third-order valence-electron chi connectivity index (χ3n) is 7.69. The molecule has 0 spiro atoms. The Bertz CT molecular complexity index is 816. The van der Waals surface area contributed by atoms with Gasteiger partial charge in [-0.15, -0.1) is 0 Å². The number of hydrogen-bond acceptors (Lipinski definition) is 9. The summed E-state index contributed by atoms with van der Waals surface area (Å²) in [5.41, 5.74) is -1.86. The number of aliphatic hydroxyl groups is 2. The maximum atomic E-state index is 12.6. The molecule has 1 aliphatic heterocycles. The van der Waals surface area contributed by atoms with Gasteiger partial charge in [0.15, 0.2) is 0 Å². The van der Waals surface area contributed by atoms with Crippen molar-refractivity contribution >= 4 is 17.9 Å². The van der Waals surface area contributed by atoms with Crippen molar-refractivity contribution in [2.75, 3.05) is 65.5 Å². The van der Waals surface area contributed by atoms with Gasteiger partial charge in [0.05, 0.1) is 12.7 Å². The van der Waals surface area contributed by atoms with E-state index in [0.717, 1.165) is 0 Å². The van der Waals surface area contributed by atoms with E-state index in [1.807, 2.05) is 81.9 Å². The van der Waals surface area contributed by atoms with Gasteiger partial charge in [0.1, 0.15) is 18.1 Å². The van der Waals surface area contributed by atoms with Crippen molar-refractivity contribution in [1.82, 2.24) is 19.6 Å². The van der Waals surface area contributed by atoms with Crippen molar-refractivity contribution in [3.05, 3.63) is 0 Å². The molecule has 0 aromatic heterocycles. The first-order valence-electron chi connectivity index (χ1n) is 14.5. The first kappa shape index (κ1) is 37.2. The van der Waals surface area contributed by atoms with Crippen LogP contribution in [0.25, 0.3) is 0 Å². The van der Waals surface area contributed by atoms with Crippen LogP contribution in [0.1, 0.15) is 62.3 Å². The molecule has 12 nitrogen and oxygen atoms in total. The summed E-state index contributed by atoms with van der Waals surface area (Å²) in [5.74, 6) is -2.92. The zero-order chi connectivity index (χ0) is 31.9. The number of carboxylic acids is 3. The first-order chi connectivity index (χ1) is 18.6. The van der Waals surface area contributed by atoms with Gasteiger partial charge in [-0.1, -0.05) is 62.3 Å². The zero-order valence-electron chi connectivity index (χ0n) is 26.6. The average molecular weight is 589 g/mol. The van der Waals surface area contributed by atoms with Gasteiger partial charge in [-0.3, -0.25) is 34.0 Å². The van der Waals surface area contributed by atoms with E-state index in [-0.39, 0.29) is 32.7 Å². The second-order valence-electron chi connectivity index (χ2n) is 14.6. The summed E-state index contributed by atoms with van der Waals surface area (Å²) < 4.78 is 0. The van der Waals surface area contributed by atoms with Crippen molar-refractivity contribution < 1.29 is 39.9 Å². The summed E-state index contributed by atoms with van der Waals surface area (Å²) in [6.07, 6.45) is -1.00. The van der Waals surface area contributed by atoms with Crippen LogP contribution in [0, 0.1) is 16.2 Å². The standard InChI is InChI=1S/C29H56N4O8/c1-27(2,3)21(24(36)37)31-12-10-30(18-20(35)19-34)11-13-32(22(25(38)39)28(4,5)6)15-17-33(16-14-31)23(26(40)41)29(7,8)9/h20-23,34-35H,10-19H2,1-9H3,(H,36,37)(H,38,39)(H,40,41). The Balaban J connectivity index is 3.63. The minimum absolute atomic E-state index is 0.149. The third-order valence-corrected chi connectivity index (χ3v) is 7.69. The maximum Gasteiger partial charge on any atom is 0.321 e. The summed E-state index contributed by atoms with van der Waals surface area (Å²) in [4.78, 5) is 45.0. The summed E-state index contributed by atoms with van der Waals surface area (Å²) in [5, 5.41) is 50.4. The Morgan fingerprint density at radius 2 is 0.805 bits per heavy atom. The molecule has 0 amide bonds. The monoisotopic (exact) mass is 588 g/mol. The second-order valence-corrected chi connectivity index (χ2v) is 14.6. The van der Waals surface area contributed by atoms with E-state index in [4.69, 9.17) is 0 Å². The highest BCUT2D eigenvalue weighted by molar-refractivity contribution is 5.75. The van der Waals surface area contributed by atoms with E-state index in [1.165, 1.54) is 0 Å². The molecule has 0 radical (unpaired) electrons. The normalized spacial score (nSPS) is 21.7. The molecule has 0 aliphatic carbocycles. The fourth-order valence-electron chi connectivity index (χ4n) is 6.04. The minimum Gasteiger partial charge on any atom is -0.480 e. The molecular weight excluding hydrogens is 532 g/mol. The molecule has 0 aromatic carbocycles. The van der Waals surface area contributed by atoms with Gasteiger partial charge in [-0.25, -0.2) is 0 Å². The molecule has 5 N–H and O–H groups in total. The molecule has 240 valence electrons. The van der Waals surface area contributed by atoms with Crippen LogP contribution in [-0.4, -0.2) is 153 Å². The van der Waals surface area contributed by atoms with Crippen molar-refractivity contribution in [1.29, 1.82) is 0 Å². The molecule has 4 atom stereocenters. The lowest BCUT2D eigenvalue weighted by atomic mass is 9.84. The number of carboxylic acid groups (broad SMARTS) is 3. The van der Waals surface area contributed by atoms with Crippen molar-refractivity contribution in [3.8, 4) is 0 Å². The van der Waals surface area contributed by atoms with Gasteiger partial charge >= 0.3 is 17.9 Å². The third kappa shape index (κ3) is 11.4. The number of aliphatic carboxylic acids is 3. The lowest BCUT2D eigenvalue weighted by molar-refractivity contribution is -0.152. The fraction of sp³-hybridized carbons (Fsp3) is 0.897. The predicted molar refractivity (Wildman–Crippen MR) is 157 cm³/mol. The van der Waals surface area contributed by atoms with E-state index in [0.29, 0.717) is 26.2 Å². The zero-order valence-corrected chi connectivity index (χ0v) is 26.6. The molecule has 1 saturated heterocycles. The average Bonchev–Trinajstić information content (AvgIpc) is 2.76. The van der Waals surface area contributed by atoms with Crippen LogP contribution in [-0.2, 0) is 14.4 Å². The Morgan fingerprint density at radius 1 is 0.561 bits per heavy atom. The quantitative estimate of drug-likeness (QED) is 0.260. The number of hydrogen-bond donors (Lipinski definition) is 5. The molecule has 1 heterocycles. The molecular formula is C29H56N4O8. The smallest absolute Gasteiger partial charge is 0.321 e. The highest BCUT2D eigenvalue weighted by Crippen LogP contribution is 2.29. The summed E-state index contributed by atoms with van der Waals surface area (Å²) in [6.45, 7) is 19.0. The number of carbonyl (C=O) groups is 3. The predicted octanol–water partition coefficient (Wildman–Crippen LogP) is 1.06. The number of β-amino-alcohol motifs (C(OH)–C–C–N with tert-alkyl or cyclic N) is 1. The van der Waals surface area contributed by atoms with Crippen LogP contribution in [0.15, 0.2) is 0 Å². The lowest BCUT2D eigenvalue weighted by Crippen LogP contribution is -2.59. The van der Waals surface area contributed by atoms with Crippen molar-refractivity contribution in [2.24, 2.45) is 16.2 Å². The van der Waals surface area contributed by atoms with E-state index < -0.39 is 65.0 Å². The van der Waals surface area contributed by atoms with E-state index in [9.17, 15) is 39.9 Å². The van der Waals surface area contributed by atoms with Gasteiger partial charge in [-0.2, -0.15) is 0 Å². The second kappa shape index (κ2) is 15.1. The van der Waals surface area contributed by atoms with Crippen LogP contribution >= 0.6 is 0 Å². The van der Waals surface area contributed by atoms with E-state index >= 15 is 0 Å². The molecule has 4 unspecified atom stereocenters. The fourth-order valence-corrected chi connectivity index (χ4v) is 6.04. The van der Waals surface area contributed by atoms with E-state index in [1.54, 1.807) is 0 Å². The van der Waals surface area contributed by atoms with Gasteiger partial charge in [0, 0.05) is 58.9 Å². The maximum absolute atomic E-state index is 12.6. The Kier molecular flexibility index (Phi) is 13.7. The lowest BCUT2D eigenvalue weighted by Gasteiger charge is -2.44. The van der Waals surface area contributed by atoms with Crippen LogP contribution in [0.5, 0.6) is 0 Å². The molecule has 0 aromatic rings.